The van der Waals surface area contributed by atoms with Crippen molar-refractivity contribution in [2.24, 2.45) is 0 Å². The number of nitrogens with zero attached hydrogens (tertiary/aromatic N) is 3. The number of rotatable bonds is 5. The van der Waals surface area contributed by atoms with Gasteiger partial charge in [0.2, 0.25) is 0 Å². The molecule has 5 rings (SSSR count). The number of methoxy groups -OCH3 is 1. The first kappa shape index (κ1) is 19.6. The minimum atomic E-state index is -0.0969. The van der Waals surface area contributed by atoms with E-state index >= 15 is 0 Å². The van der Waals surface area contributed by atoms with Crippen LogP contribution in [0.2, 0.25) is 0 Å². The summed E-state index contributed by atoms with van der Waals surface area (Å²) < 4.78 is 11.0. The number of benzene rings is 2. The summed E-state index contributed by atoms with van der Waals surface area (Å²) in [6, 6.07) is 14.2. The zero-order valence-electron chi connectivity index (χ0n) is 17.6. The van der Waals surface area contributed by atoms with E-state index in [0.717, 1.165) is 72.9 Å². The molecule has 0 unspecified atom stereocenters. The van der Waals surface area contributed by atoms with Gasteiger partial charge in [-0.2, -0.15) is 0 Å². The Balaban J connectivity index is 1.22. The second-order valence-corrected chi connectivity index (χ2v) is 7.97. The summed E-state index contributed by atoms with van der Waals surface area (Å²) in [6.07, 6.45) is 2.79. The highest BCUT2D eigenvalue weighted by molar-refractivity contribution is 5.95. The molecule has 7 heteroatoms. The Hall–Kier alpha value is -3.32. The molecule has 0 spiro atoms. The molecule has 1 saturated heterocycles. The molecule has 0 saturated carbocycles. The predicted molar refractivity (Wildman–Crippen MR) is 121 cm³/mol. The molecule has 3 aromatic rings. The minimum Gasteiger partial charge on any atom is -0.497 e. The van der Waals surface area contributed by atoms with Crippen LogP contribution in [0.4, 0.5) is 11.4 Å². The highest BCUT2D eigenvalue weighted by atomic mass is 16.5. The zero-order valence-corrected chi connectivity index (χ0v) is 17.6. The summed E-state index contributed by atoms with van der Waals surface area (Å²) in [4.78, 5) is 21.1. The first-order chi connectivity index (χ1) is 15.2. The number of amides is 1. The lowest BCUT2D eigenvalue weighted by atomic mass is 10.1. The van der Waals surface area contributed by atoms with Crippen molar-refractivity contribution in [1.29, 1.82) is 0 Å². The molecule has 2 aromatic carbocycles. The second-order valence-electron chi connectivity index (χ2n) is 7.97. The van der Waals surface area contributed by atoms with Crippen LogP contribution >= 0.6 is 0 Å². The number of hydrogen-bond acceptors (Lipinski definition) is 6. The van der Waals surface area contributed by atoms with Gasteiger partial charge in [-0.3, -0.25) is 14.7 Å². The number of anilines is 2. The van der Waals surface area contributed by atoms with Crippen molar-refractivity contribution in [1.82, 2.24) is 9.88 Å². The molecule has 0 bridgehead atoms. The number of nitrogens with one attached hydrogen (secondary N) is 1. The molecule has 3 heterocycles. The van der Waals surface area contributed by atoms with Crippen molar-refractivity contribution >= 4 is 28.2 Å². The molecule has 0 radical (unpaired) electrons. The summed E-state index contributed by atoms with van der Waals surface area (Å²) in [6.45, 7) is 4.97. The first-order valence-electron chi connectivity index (χ1n) is 10.7. The van der Waals surface area contributed by atoms with E-state index in [1.807, 2.05) is 30.5 Å². The van der Waals surface area contributed by atoms with Crippen LogP contribution in [0.1, 0.15) is 5.56 Å². The standard InChI is InChI=1S/C24H26N4O3/c1-30-19-14-18-3-2-7-25-24(18)21(15-19)28-11-9-27(10-12-28)8-6-17-4-5-22-20(13-17)26-23(29)16-31-22/h2-5,7,13-15H,6,8-12,16H2,1H3,(H,26,29). The molecular weight excluding hydrogens is 392 g/mol. The average Bonchev–Trinajstić information content (AvgIpc) is 2.82. The van der Waals surface area contributed by atoms with Crippen LogP contribution in [0.5, 0.6) is 11.5 Å². The third kappa shape index (κ3) is 4.14. The number of carbonyl (C=O) groups excluding carboxylic acids is 1. The summed E-state index contributed by atoms with van der Waals surface area (Å²) in [5.41, 5.74) is 4.14. The fraction of sp³-hybridized carbons (Fsp3) is 0.333. The van der Waals surface area contributed by atoms with Crippen LogP contribution < -0.4 is 19.7 Å². The van der Waals surface area contributed by atoms with Gasteiger partial charge in [-0.25, -0.2) is 0 Å². The summed E-state index contributed by atoms with van der Waals surface area (Å²) >= 11 is 0. The van der Waals surface area contributed by atoms with E-state index in [0.29, 0.717) is 0 Å². The van der Waals surface area contributed by atoms with Crippen LogP contribution in [0.3, 0.4) is 0 Å². The Kier molecular flexibility index (Phi) is 5.34. The van der Waals surface area contributed by atoms with E-state index in [-0.39, 0.29) is 12.5 Å². The number of aromatic nitrogens is 1. The van der Waals surface area contributed by atoms with Gasteiger partial charge in [-0.15, -0.1) is 0 Å². The maximum Gasteiger partial charge on any atom is 0.262 e. The third-order valence-corrected chi connectivity index (χ3v) is 6.00. The van der Waals surface area contributed by atoms with Crippen molar-refractivity contribution in [2.75, 3.05) is 56.7 Å². The highest BCUT2D eigenvalue weighted by Crippen LogP contribution is 2.31. The SMILES string of the molecule is COc1cc(N2CCN(CCc3ccc4c(c3)NC(=O)CO4)CC2)c2ncccc2c1. The van der Waals surface area contributed by atoms with Crippen LogP contribution in [0, 0.1) is 0 Å². The summed E-state index contributed by atoms with van der Waals surface area (Å²) in [7, 11) is 1.71. The third-order valence-electron chi connectivity index (χ3n) is 6.00. The lowest BCUT2D eigenvalue weighted by molar-refractivity contribution is -0.118. The molecule has 1 fully saturated rings. The fourth-order valence-corrected chi connectivity index (χ4v) is 4.29. The second kappa shape index (κ2) is 8.43. The molecule has 7 nitrogen and oxygen atoms in total. The summed E-state index contributed by atoms with van der Waals surface area (Å²) in [5.74, 6) is 1.51. The van der Waals surface area contributed by atoms with Gasteiger partial charge in [0.05, 0.1) is 24.0 Å². The highest BCUT2D eigenvalue weighted by Gasteiger charge is 2.21. The minimum absolute atomic E-state index is 0.0920. The van der Waals surface area contributed by atoms with Crippen molar-refractivity contribution in [3.63, 3.8) is 0 Å². The van der Waals surface area contributed by atoms with Gasteiger partial charge in [-0.1, -0.05) is 12.1 Å². The van der Waals surface area contributed by atoms with Gasteiger partial charge in [0.1, 0.15) is 11.5 Å². The number of carbonyl (C=O) groups is 1. The predicted octanol–water partition coefficient (Wildman–Crippen LogP) is 2.94. The number of fused-ring (bicyclic) bond motifs is 2. The number of ether oxygens (including phenoxy) is 2. The van der Waals surface area contributed by atoms with Crippen LogP contribution in [-0.4, -0.2) is 62.2 Å². The first-order valence-corrected chi connectivity index (χ1v) is 10.7. The van der Waals surface area contributed by atoms with E-state index in [9.17, 15) is 4.79 Å². The van der Waals surface area contributed by atoms with Gasteiger partial charge in [0, 0.05) is 50.4 Å². The van der Waals surface area contributed by atoms with E-state index in [1.165, 1.54) is 5.56 Å². The summed E-state index contributed by atoms with van der Waals surface area (Å²) in [5, 5.41) is 3.99. The van der Waals surface area contributed by atoms with Crippen LogP contribution in [-0.2, 0) is 11.2 Å². The Morgan fingerprint density at radius 2 is 2.00 bits per heavy atom. The van der Waals surface area contributed by atoms with Gasteiger partial charge >= 0.3 is 0 Å². The maximum absolute atomic E-state index is 11.6. The van der Waals surface area contributed by atoms with E-state index in [4.69, 9.17) is 9.47 Å². The Bertz CT molecular complexity index is 1110. The number of hydrogen-bond donors (Lipinski definition) is 1. The Morgan fingerprint density at radius 3 is 2.84 bits per heavy atom. The monoisotopic (exact) mass is 418 g/mol. The molecule has 1 aromatic heterocycles. The molecule has 31 heavy (non-hydrogen) atoms. The fourth-order valence-electron chi connectivity index (χ4n) is 4.29. The number of piperazine rings is 1. The zero-order chi connectivity index (χ0) is 21.2. The van der Waals surface area contributed by atoms with E-state index in [1.54, 1.807) is 7.11 Å². The van der Waals surface area contributed by atoms with Crippen molar-refractivity contribution < 1.29 is 14.3 Å². The van der Waals surface area contributed by atoms with Gasteiger partial charge in [-0.05, 0) is 36.2 Å². The molecule has 160 valence electrons. The van der Waals surface area contributed by atoms with Crippen molar-refractivity contribution in [3.8, 4) is 11.5 Å². The van der Waals surface area contributed by atoms with E-state index in [2.05, 4.69) is 38.3 Å². The van der Waals surface area contributed by atoms with Crippen molar-refractivity contribution in [3.05, 3.63) is 54.2 Å². The smallest absolute Gasteiger partial charge is 0.262 e. The molecule has 2 aliphatic heterocycles. The number of pyridine rings is 1. The quantitative estimate of drug-likeness (QED) is 0.687. The molecule has 0 aliphatic carbocycles. The molecule has 1 N–H and O–H groups in total. The molecule has 0 atom stereocenters. The lowest BCUT2D eigenvalue weighted by Crippen LogP contribution is -2.47. The topological polar surface area (TPSA) is 66.9 Å². The van der Waals surface area contributed by atoms with Gasteiger partial charge in [0.25, 0.3) is 5.91 Å². The van der Waals surface area contributed by atoms with Gasteiger partial charge < -0.3 is 19.7 Å². The maximum atomic E-state index is 11.6. The molecular formula is C24H26N4O3. The Morgan fingerprint density at radius 1 is 1.13 bits per heavy atom. The van der Waals surface area contributed by atoms with Crippen LogP contribution in [0.25, 0.3) is 10.9 Å². The lowest BCUT2D eigenvalue weighted by Gasteiger charge is -2.36. The normalized spacial score (nSPS) is 16.5. The molecule has 2 aliphatic rings. The van der Waals surface area contributed by atoms with Crippen molar-refractivity contribution in [2.45, 2.75) is 6.42 Å². The van der Waals surface area contributed by atoms with Gasteiger partial charge in [0.15, 0.2) is 6.61 Å². The average molecular weight is 418 g/mol. The van der Waals surface area contributed by atoms with E-state index < -0.39 is 0 Å². The van der Waals surface area contributed by atoms with Crippen LogP contribution in [0.15, 0.2) is 48.7 Å². The largest absolute Gasteiger partial charge is 0.497 e. The Labute approximate surface area is 181 Å². The molecule has 1 amide bonds.